The zero-order valence-corrected chi connectivity index (χ0v) is 17.4. The standard InChI is InChI=1S/C22H16F4N2O2Si/c1-31(2)13-7-9(27)3-5-11(13)15(12-6-4-10(28)8-14(12)31)16-17(22(29)30)19(24)21(26)20(25)18(16)23/h3-8,27H,28H2,1-2H3,(H,29,30)/p-1. The van der Waals surface area contributed by atoms with Gasteiger partial charge in [-0.15, -0.1) is 0 Å². The van der Waals surface area contributed by atoms with Crippen molar-refractivity contribution in [3.63, 3.8) is 0 Å². The number of nitrogens with one attached hydrogen (secondary N) is 1. The molecule has 4 rings (SSSR count). The summed E-state index contributed by atoms with van der Waals surface area (Å²) in [5.41, 5.74) is 4.68. The highest BCUT2D eigenvalue weighted by molar-refractivity contribution is 6.98. The Balaban J connectivity index is 2.25. The number of allylic oxidation sites excluding steroid dienone is 5. The Morgan fingerprint density at radius 3 is 2.32 bits per heavy atom. The van der Waals surface area contributed by atoms with E-state index in [9.17, 15) is 23.1 Å². The number of halogens is 4. The van der Waals surface area contributed by atoms with E-state index in [2.05, 4.69) is 0 Å². The van der Waals surface area contributed by atoms with Crippen LogP contribution in [0.1, 0.15) is 21.5 Å². The first-order valence-electron chi connectivity index (χ1n) is 9.18. The summed E-state index contributed by atoms with van der Waals surface area (Å²) in [6.45, 7) is 3.92. The molecule has 1 aliphatic carbocycles. The van der Waals surface area contributed by atoms with E-state index in [0.29, 0.717) is 27.2 Å². The summed E-state index contributed by atoms with van der Waals surface area (Å²) < 4.78 is 57.6. The van der Waals surface area contributed by atoms with E-state index in [1.165, 1.54) is 24.3 Å². The molecule has 0 saturated carbocycles. The number of carboxylic acid groups (broad SMARTS) is 1. The van der Waals surface area contributed by atoms with Crippen LogP contribution in [0.5, 0.6) is 0 Å². The smallest absolute Gasteiger partial charge is 0.198 e. The van der Waals surface area contributed by atoms with Crippen LogP contribution in [0.4, 0.5) is 23.2 Å². The van der Waals surface area contributed by atoms with Gasteiger partial charge in [-0.2, -0.15) is 0 Å². The van der Waals surface area contributed by atoms with Crippen molar-refractivity contribution in [3.8, 4) is 0 Å². The number of aromatic carboxylic acids is 1. The average molecular weight is 443 g/mol. The lowest BCUT2D eigenvalue weighted by atomic mass is 9.86. The number of fused-ring (bicyclic) bond motifs is 2. The Morgan fingerprint density at radius 2 is 1.68 bits per heavy atom. The number of hydrogen-bond acceptors (Lipinski definition) is 4. The van der Waals surface area contributed by atoms with Crippen molar-refractivity contribution in [2.75, 3.05) is 5.73 Å². The van der Waals surface area contributed by atoms with Crippen LogP contribution in [0, 0.1) is 28.7 Å². The first kappa shape index (κ1) is 20.8. The lowest BCUT2D eigenvalue weighted by molar-refractivity contribution is -0.255. The van der Waals surface area contributed by atoms with E-state index < -0.39 is 48.4 Å². The van der Waals surface area contributed by atoms with Crippen LogP contribution in [0.15, 0.2) is 47.2 Å². The number of rotatable bonds is 2. The Bertz CT molecular complexity index is 1310. The maximum atomic E-state index is 15.0. The fourth-order valence-corrected chi connectivity index (χ4v) is 7.29. The fourth-order valence-electron chi connectivity index (χ4n) is 4.19. The molecule has 0 radical (unpaired) electrons. The zero-order chi connectivity index (χ0) is 22.8. The van der Waals surface area contributed by atoms with E-state index in [0.717, 1.165) is 0 Å². The van der Waals surface area contributed by atoms with Gasteiger partial charge >= 0.3 is 0 Å². The molecule has 158 valence electrons. The largest absolute Gasteiger partial charge is 0.545 e. The lowest BCUT2D eigenvalue weighted by Crippen LogP contribution is -2.49. The maximum absolute atomic E-state index is 15.0. The predicted molar refractivity (Wildman–Crippen MR) is 110 cm³/mol. The summed E-state index contributed by atoms with van der Waals surface area (Å²) in [6, 6.07) is 4.66. The van der Waals surface area contributed by atoms with E-state index >= 15 is 4.39 Å². The molecule has 0 fully saturated rings. The summed E-state index contributed by atoms with van der Waals surface area (Å²) in [4.78, 5) is 11.7. The van der Waals surface area contributed by atoms with Crippen LogP contribution in [0.2, 0.25) is 13.1 Å². The molecule has 0 amide bonds. The molecule has 2 aromatic carbocycles. The lowest BCUT2D eigenvalue weighted by Gasteiger charge is -2.38. The van der Waals surface area contributed by atoms with Crippen LogP contribution in [0.25, 0.3) is 5.57 Å². The molecular formula is C22H15F4N2O2Si-. The second-order valence-corrected chi connectivity index (χ2v) is 12.2. The molecule has 4 nitrogen and oxygen atoms in total. The molecular weight excluding hydrogens is 428 g/mol. The molecule has 0 aromatic heterocycles. The van der Waals surface area contributed by atoms with Gasteiger partial charge in [0.05, 0.1) is 11.7 Å². The van der Waals surface area contributed by atoms with Crippen molar-refractivity contribution < 1.29 is 27.5 Å². The van der Waals surface area contributed by atoms with Gasteiger partial charge in [0.25, 0.3) is 0 Å². The Labute approximate surface area is 175 Å². The first-order valence-corrected chi connectivity index (χ1v) is 12.2. The van der Waals surface area contributed by atoms with E-state index in [4.69, 9.17) is 11.1 Å². The number of carbonyl (C=O) groups excluding carboxylic acids is 1. The Morgan fingerprint density at radius 1 is 1.03 bits per heavy atom. The summed E-state index contributed by atoms with van der Waals surface area (Å²) in [6.07, 6.45) is 4.43. The first-order chi connectivity index (χ1) is 14.5. The molecule has 2 aromatic rings. The Hall–Kier alpha value is -3.46. The monoisotopic (exact) mass is 443 g/mol. The van der Waals surface area contributed by atoms with Crippen molar-refractivity contribution in [2.24, 2.45) is 0 Å². The van der Waals surface area contributed by atoms with Crippen LogP contribution in [-0.4, -0.2) is 19.8 Å². The van der Waals surface area contributed by atoms with Crippen LogP contribution in [-0.2, 0) is 0 Å². The number of benzene rings is 2. The van der Waals surface area contributed by atoms with E-state index in [1.54, 1.807) is 12.1 Å². The Kier molecular flexibility index (Phi) is 4.55. The third kappa shape index (κ3) is 2.88. The van der Waals surface area contributed by atoms with Gasteiger partial charge in [0.2, 0.25) is 0 Å². The van der Waals surface area contributed by atoms with Crippen LogP contribution >= 0.6 is 0 Å². The molecule has 31 heavy (non-hydrogen) atoms. The quantitative estimate of drug-likeness (QED) is 0.246. The molecule has 0 saturated heterocycles. The number of carboxylic acids is 1. The van der Waals surface area contributed by atoms with Gasteiger partial charge in [0.1, 0.15) is 8.07 Å². The summed E-state index contributed by atoms with van der Waals surface area (Å²) in [5, 5.41) is 21.0. The van der Waals surface area contributed by atoms with Gasteiger partial charge in [-0.3, -0.25) is 0 Å². The summed E-state index contributed by atoms with van der Waals surface area (Å²) in [5.74, 6) is -10.4. The van der Waals surface area contributed by atoms with E-state index in [-0.39, 0.29) is 11.3 Å². The van der Waals surface area contributed by atoms with Gasteiger partial charge < -0.3 is 21.0 Å². The molecule has 0 unspecified atom stereocenters. The van der Waals surface area contributed by atoms with Crippen molar-refractivity contribution in [3.05, 3.63) is 87.2 Å². The molecule has 0 spiro atoms. The molecule has 1 aliphatic heterocycles. The SMILES string of the molecule is C[Si]1(C)C2=CC(=N)C=CC2=C(c2c(F)c(F)c(F)c(F)c2C(=O)[O-])c2ccc(N)cc21. The van der Waals surface area contributed by atoms with Crippen molar-refractivity contribution in [2.45, 2.75) is 13.1 Å². The third-order valence-corrected chi connectivity index (χ3v) is 9.19. The van der Waals surface area contributed by atoms with Gasteiger partial charge in [-0.25, -0.2) is 17.6 Å². The molecule has 1 heterocycles. The van der Waals surface area contributed by atoms with Gasteiger partial charge in [-0.05, 0) is 51.4 Å². The van der Waals surface area contributed by atoms with Crippen molar-refractivity contribution in [1.29, 1.82) is 5.41 Å². The predicted octanol–water partition coefficient (Wildman–Crippen LogP) is 2.97. The minimum atomic E-state index is -2.54. The zero-order valence-electron chi connectivity index (χ0n) is 16.4. The molecule has 9 heteroatoms. The van der Waals surface area contributed by atoms with Crippen molar-refractivity contribution >= 4 is 36.2 Å². The average Bonchev–Trinajstić information content (AvgIpc) is 2.70. The van der Waals surface area contributed by atoms with Gasteiger partial charge in [0.15, 0.2) is 23.3 Å². The topological polar surface area (TPSA) is 90.0 Å². The minimum Gasteiger partial charge on any atom is -0.545 e. The fraction of sp³-hybridized carbons (Fsp3) is 0.0909. The second kappa shape index (κ2) is 6.78. The van der Waals surface area contributed by atoms with Crippen LogP contribution in [0.3, 0.4) is 0 Å². The number of nitrogen functional groups attached to an aromatic ring is 1. The number of anilines is 1. The molecule has 2 aliphatic rings. The molecule has 0 atom stereocenters. The molecule has 3 N–H and O–H groups in total. The van der Waals surface area contributed by atoms with Gasteiger partial charge in [0, 0.05) is 16.8 Å². The van der Waals surface area contributed by atoms with E-state index in [1.807, 2.05) is 13.1 Å². The van der Waals surface area contributed by atoms with Crippen LogP contribution < -0.4 is 16.0 Å². The van der Waals surface area contributed by atoms with Crippen molar-refractivity contribution in [1.82, 2.24) is 0 Å². The highest BCUT2D eigenvalue weighted by Gasteiger charge is 2.41. The van der Waals surface area contributed by atoms with Gasteiger partial charge in [-0.1, -0.05) is 25.2 Å². The normalized spacial score (nSPS) is 16.7. The number of carbonyl (C=O) groups is 1. The number of hydrogen-bond donors (Lipinski definition) is 2. The highest BCUT2D eigenvalue weighted by Crippen LogP contribution is 2.44. The maximum Gasteiger partial charge on any atom is 0.198 e. The third-order valence-electron chi connectivity index (χ3n) is 5.67. The molecule has 0 bridgehead atoms. The highest BCUT2D eigenvalue weighted by atomic mass is 28.3. The number of nitrogens with two attached hydrogens (primary N) is 1. The summed E-state index contributed by atoms with van der Waals surface area (Å²) in [7, 11) is -2.54. The summed E-state index contributed by atoms with van der Waals surface area (Å²) >= 11 is 0. The second-order valence-electron chi connectivity index (χ2n) is 7.86. The minimum absolute atomic E-state index is 0.119.